The van der Waals surface area contributed by atoms with Crippen LogP contribution >= 0.6 is 15.9 Å². The molecule has 0 bridgehead atoms. The molecular weight excluding hydrogens is 374 g/mol. The number of fused-ring (bicyclic) bond motifs is 1. The fraction of sp³-hybridized carbons (Fsp3) is 0.353. The summed E-state index contributed by atoms with van der Waals surface area (Å²) in [7, 11) is 1.76. The van der Waals surface area contributed by atoms with Gasteiger partial charge in [0.2, 0.25) is 5.91 Å². The lowest BCUT2D eigenvalue weighted by Crippen LogP contribution is -2.39. The first-order valence-corrected chi connectivity index (χ1v) is 8.59. The lowest BCUT2D eigenvalue weighted by atomic mass is 9.87. The van der Waals surface area contributed by atoms with Crippen LogP contribution in [0.3, 0.4) is 0 Å². The van der Waals surface area contributed by atoms with Crippen LogP contribution in [0, 0.1) is 0 Å². The summed E-state index contributed by atoms with van der Waals surface area (Å²) in [5.41, 5.74) is 1.36. The van der Waals surface area contributed by atoms with Crippen molar-refractivity contribution in [2.75, 3.05) is 7.05 Å². The van der Waals surface area contributed by atoms with E-state index < -0.39 is 11.2 Å². The zero-order valence-electron chi connectivity index (χ0n) is 13.3. The number of hydrogen-bond donors (Lipinski definition) is 1. The number of nitrogens with one attached hydrogen (secondary N) is 1. The van der Waals surface area contributed by atoms with Crippen molar-refractivity contribution in [3.63, 3.8) is 0 Å². The number of benzene rings is 1. The number of aromatic amines is 1. The second-order valence-corrected chi connectivity index (χ2v) is 6.83. The van der Waals surface area contributed by atoms with Gasteiger partial charge in [0.25, 0.3) is 5.56 Å². The third-order valence-corrected chi connectivity index (χ3v) is 5.04. The van der Waals surface area contributed by atoms with Crippen LogP contribution in [0.2, 0.25) is 0 Å². The first-order chi connectivity index (χ1) is 11.5. The van der Waals surface area contributed by atoms with Crippen molar-refractivity contribution >= 4 is 21.8 Å². The molecule has 6 nitrogen and oxygen atoms in total. The molecule has 0 aliphatic heterocycles. The molecule has 24 heavy (non-hydrogen) atoms. The number of amides is 1. The molecule has 1 aromatic heterocycles. The fourth-order valence-electron chi connectivity index (χ4n) is 3.16. The number of carbonyl (C=O) groups is 1. The van der Waals surface area contributed by atoms with Gasteiger partial charge >= 0.3 is 5.69 Å². The number of aryl methyl sites for hydroxylation is 1. The van der Waals surface area contributed by atoms with Gasteiger partial charge in [0.05, 0.1) is 10.5 Å². The van der Waals surface area contributed by atoms with Crippen molar-refractivity contribution < 1.29 is 4.79 Å². The molecule has 1 aliphatic carbocycles. The monoisotopic (exact) mass is 391 g/mol. The highest BCUT2D eigenvalue weighted by molar-refractivity contribution is 9.10. The Morgan fingerprint density at radius 1 is 1.38 bits per heavy atom. The Balaban J connectivity index is 1.83. The molecule has 0 radical (unpaired) electrons. The summed E-state index contributed by atoms with van der Waals surface area (Å²) in [6.07, 6.45) is 4.32. The summed E-state index contributed by atoms with van der Waals surface area (Å²) in [6, 6.07) is 8.18. The summed E-state index contributed by atoms with van der Waals surface area (Å²) in [5.74, 6) is -0.169. The van der Waals surface area contributed by atoms with Crippen LogP contribution in [-0.2, 0) is 17.8 Å². The van der Waals surface area contributed by atoms with Crippen molar-refractivity contribution in [1.29, 1.82) is 0 Å². The average Bonchev–Trinajstić information content (AvgIpc) is 2.58. The van der Waals surface area contributed by atoms with Gasteiger partial charge in [-0.3, -0.25) is 19.1 Å². The van der Waals surface area contributed by atoms with Crippen LogP contribution in [0.25, 0.3) is 0 Å². The van der Waals surface area contributed by atoms with E-state index in [9.17, 15) is 14.4 Å². The van der Waals surface area contributed by atoms with Gasteiger partial charge in [-0.05, 0) is 46.3 Å². The molecule has 2 aromatic rings. The molecule has 1 amide bonds. The van der Waals surface area contributed by atoms with E-state index in [1.807, 2.05) is 12.1 Å². The number of nitrogens with zero attached hydrogens (tertiary/aromatic N) is 2. The summed E-state index contributed by atoms with van der Waals surface area (Å²) in [4.78, 5) is 39.7. The van der Waals surface area contributed by atoms with Gasteiger partial charge in [-0.1, -0.05) is 24.3 Å². The summed E-state index contributed by atoms with van der Waals surface area (Å²) in [6.45, 7) is -0.108. The zero-order valence-corrected chi connectivity index (χ0v) is 14.9. The minimum absolute atomic E-state index is 0.0179. The normalized spacial score (nSPS) is 16.5. The Hall–Kier alpha value is -2.15. The number of rotatable bonds is 3. The molecule has 0 unspecified atom stereocenters. The van der Waals surface area contributed by atoms with Gasteiger partial charge in [-0.25, -0.2) is 4.79 Å². The van der Waals surface area contributed by atoms with Crippen LogP contribution in [-0.4, -0.2) is 27.4 Å². The van der Waals surface area contributed by atoms with Gasteiger partial charge in [0.1, 0.15) is 6.54 Å². The quantitative estimate of drug-likeness (QED) is 0.866. The van der Waals surface area contributed by atoms with E-state index in [4.69, 9.17) is 0 Å². The van der Waals surface area contributed by atoms with Crippen molar-refractivity contribution in [2.24, 2.45) is 0 Å². The lowest BCUT2D eigenvalue weighted by molar-refractivity contribution is -0.133. The Labute approximate surface area is 147 Å². The number of aromatic nitrogens is 2. The predicted molar refractivity (Wildman–Crippen MR) is 93.9 cm³/mol. The summed E-state index contributed by atoms with van der Waals surface area (Å²) >= 11 is 3.08. The van der Waals surface area contributed by atoms with E-state index in [-0.39, 0.29) is 23.0 Å². The maximum absolute atomic E-state index is 12.6. The van der Waals surface area contributed by atoms with E-state index in [0.29, 0.717) is 0 Å². The fourth-order valence-corrected chi connectivity index (χ4v) is 3.51. The Kier molecular flexibility index (Phi) is 4.71. The molecule has 1 N–H and O–H groups in total. The van der Waals surface area contributed by atoms with Crippen LogP contribution in [0.4, 0.5) is 0 Å². The molecular formula is C17H18BrN3O3. The topological polar surface area (TPSA) is 75.2 Å². The van der Waals surface area contributed by atoms with E-state index in [1.165, 1.54) is 21.9 Å². The van der Waals surface area contributed by atoms with E-state index in [1.54, 1.807) is 11.9 Å². The van der Waals surface area contributed by atoms with Gasteiger partial charge in [0, 0.05) is 13.2 Å². The third kappa shape index (κ3) is 3.21. The highest BCUT2D eigenvalue weighted by Gasteiger charge is 2.26. The van der Waals surface area contributed by atoms with Gasteiger partial charge in [-0.2, -0.15) is 0 Å². The third-order valence-electron chi connectivity index (χ3n) is 4.47. The molecule has 0 saturated carbocycles. The molecule has 1 atom stereocenters. The lowest BCUT2D eigenvalue weighted by Gasteiger charge is -2.33. The van der Waals surface area contributed by atoms with Crippen molar-refractivity contribution in [3.8, 4) is 0 Å². The first kappa shape index (κ1) is 16.7. The smallest absolute Gasteiger partial charge is 0.328 e. The Morgan fingerprint density at radius 3 is 2.92 bits per heavy atom. The van der Waals surface area contributed by atoms with Crippen LogP contribution < -0.4 is 11.2 Å². The first-order valence-electron chi connectivity index (χ1n) is 7.80. The minimum atomic E-state index is -0.589. The van der Waals surface area contributed by atoms with Gasteiger partial charge < -0.3 is 4.90 Å². The zero-order chi connectivity index (χ0) is 17.3. The maximum Gasteiger partial charge on any atom is 0.328 e. The predicted octanol–water partition coefficient (Wildman–Crippen LogP) is 1.84. The molecule has 1 heterocycles. The van der Waals surface area contributed by atoms with Gasteiger partial charge in [0.15, 0.2) is 0 Å². The highest BCUT2D eigenvalue weighted by Crippen LogP contribution is 2.33. The number of likely N-dealkylation sites (N-methyl/N-ethyl adjacent to an activating group) is 1. The van der Waals surface area contributed by atoms with Crippen molar-refractivity contribution in [3.05, 3.63) is 66.9 Å². The largest absolute Gasteiger partial charge is 0.337 e. The molecule has 1 aromatic carbocycles. The van der Waals surface area contributed by atoms with Crippen LogP contribution in [0.15, 0.2) is 44.5 Å². The average molecular weight is 392 g/mol. The van der Waals surface area contributed by atoms with Crippen LogP contribution in [0.5, 0.6) is 0 Å². The maximum atomic E-state index is 12.6. The molecule has 3 rings (SSSR count). The van der Waals surface area contributed by atoms with E-state index in [0.717, 1.165) is 19.3 Å². The standard InChI is InChI=1S/C17H18BrN3O3/c1-20(14-8-4-6-11-5-2-3-7-12(11)14)15(22)10-21-9-13(18)16(23)19-17(21)24/h2-3,5,7,9,14H,4,6,8,10H2,1H3,(H,19,23,24)/t14-/m1/s1. The molecule has 7 heteroatoms. The Morgan fingerprint density at radius 2 is 2.12 bits per heavy atom. The molecule has 0 spiro atoms. The van der Waals surface area contributed by atoms with Crippen LogP contribution in [0.1, 0.15) is 30.0 Å². The summed E-state index contributed by atoms with van der Waals surface area (Å²) < 4.78 is 1.43. The van der Waals surface area contributed by atoms with Gasteiger partial charge in [-0.15, -0.1) is 0 Å². The van der Waals surface area contributed by atoms with E-state index in [2.05, 4.69) is 33.0 Å². The van der Waals surface area contributed by atoms with Crippen molar-refractivity contribution in [1.82, 2.24) is 14.5 Å². The second kappa shape index (κ2) is 6.76. The molecule has 1 aliphatic rings. The number of hydrogen-bond acceptors (Lipinski definition) is 3. The number of halogens is 1. The SMILES string of the molecule is CN(C(=O)Cn1cc(Br)c(=O)[nH]c1=O)[C@@H]1CCCc2ccccc21. The highest BCUT2D eigenvalue weighted by atomic mass is 79.9. The van der Waals surface area contributed by atoms with Crippen molar-refractivity contribution in [2.45, 2.75) is 31.8 Å². The molecule has 126 valence electrons. The summed E-state index contributed by atoms with van der Waals surface area (Å²) in [5, 5.41) is 0. The number of H-pyrrole nitrogens is 1. The number of carbonyl (C=O) groups excluding carboxylic acids is 1. The molecule has 0 saturated heterocycles. The Bertz CT molecular complexity index is 887. The van der Waals surface area contributed by atoms with E-state index >= 15 is 0 Å². The second-order valence-electron chi connectivity index (χ2n) is 5.98. The minimum Gasteiger partial charge on any atom is -0.337 e. The molecule has 0 fully saturated rings.